The molecule has 2 aliphatic heterocycles. The summed E-state index contributed by atoms with van der Waals surface area (Å²) in [5.74, 6) is 0.482. The molecule has 0 aliphatic carbocycles. The second-order valence-electron chi connectivity index (χ2n) is 7.95. The van der Waals surface area contributed by atoms with E-state index in [0.29, 0.717) is 36.0 Å². The van der Waals surface area contributed by atoms with Crippen LogP contribution in [0.15, 0.2) is 30.0 Å². The summed E-state index contributed by atoms with van der Waals surface area (Å²) in [4.78, 5) is 29.2. The number of carbonyl (C=O) groups is 2. The van der Waals surface area contributed by atoms with E-state index in [1.54, 1.807) is 24.1 Å². The molecule has 1 fully saturated rings. The maximum absolute atomic E-state index is 13.2. The molecule has 2 heterocycles. The van der Waals surface area contributed by atoms with Gasteiger partial charge < -0.3 is 19.5 Å². The van der Waals surface area contributed by atoms with E-state index in [4.69, 9.17) is 9.47 Å². The van der Waals surface area contributed by atoms with E-state index >= 15 is 0 Å². The van der Waals surface area contributed by atoms with Gasteiger partial charge in [-0.05, 0) is 36.5 Å². The van der Waals surface area contributed by atoms with Crippen LogP contribution in [0, 0.1) is 5.92 Å². The van der Waals surface area contributed by atoms with E-state index in [0.717, 1.165) is 18.6 Å². The van der Waals surface area contributed by atoms with Crippen molar-refractivity contribution in [2.24, 2.45) is 5.92 Å². The van der Waals surface area contributed by atoms with E-state index in [1.165, 1.54) is 4.90 Å². The van der Waals surface area contributed by atoms with Crippen molar-refractivity contribution in [2.75, 3.05) is 40.0 Å². The number of rotatable bonds is 9. The summed E-state index contributed by atoms with van der Waals surface area (Å²) in [6.07, 6.45) is 1.67. The van der Waals surface area contributed by atoms with Crippen LogP contribution in [0.5, 0.6) is 5.75 Å². The molecule has 1 atom stereocenters. The van der Waals surface area contributed by atoms with Gasteiger partial charge in [0, 0.05) is 20.2 Å². The van der Waals surface area contributed by atoms with Crippen LogP contribution in [0.4, 0.5) is 0 Å². The first-order valence-corrected chi connectivity index (χ1v) is 10.2. The second-order valence-corrected chi connectivity index (χ2v) is 7.95. The lowest BCUT2D eigenvalue weighted by Crippen LogP contribution is -2.39. The van der Waals surface area contributed by atoms with Crippen molar-refractivity contribution < 1.29 is 24.2 Å². The van der Waals surface area contributed by atoms with E-state index in [1.807, 2.05) is 12.1 Å². The van der Waals surface area contributed by atoms with Crippen LogP contribution in [-0.2, 0) is 14.3 Å². The van der Waals surface area contributed by atoms with Crippen LogP contribution < -0.4 is 4.74 Å². The standard InChI is InChI=1S/C22H30N2O5/c1-15(2)14-29-17-8-6-16(7-9-17)19-20(23(3)10-11-25)22(27)24(21(19)26)13-18-5-4-12-28-18/h6-9,15,18,25H,4-5,10-14H2,1-3H3. The van der Waals surface area contributed by atoms with Gasteiger partial charge in [0.15, 0.2) is 0 Å². The summed E-state index contributed by atoms with van der Waals surface area (Å²) < 4.78 is 11.3. The van der Waals surface area contributed by atoms with Crippen molar-refractivity contribution in [3.63, 3.8) is 0 Å². The lowest BCUT2D eigenvalue weighted by molar-refractivity contribution is -0.139. The molecule has 1 aromatic rings. The monoisotopic (exact) mass is 402 g/mol. The van der Waals surface area contributed by atoms with Crippen molar-refractivity contribution in [2.45, 2.75) is 32.8 Å². The van der Waals surface area contributed by atoms with Crippen LogP contribution in [0.1, 0.15) is 32.3 Å². The number of aliphatic hydroxyl groups is 1. The molecule has 0 saturated carbocycles. The molecule has 0 bridgehead atoms. The van der Waals surface area contributed by atoms with Gasteiger partial charge in [-0.25, -0.2) is 0 Å². The van der Waals surface area contributed by atoms with Crippen molar-refractivity contribution in [1.82, 2.24) is 9.80 Å². The summed E-state index contributed by atoms with van der Waals surface area (Å²) in [7, 11) is 1.71. The Morgan fingerprint density at radius 2 is 1.97 bits per heavy atom. The second kappa shape index (κ2) is 9.41. The number of benzene rings is 1. The number of ether oxygens (including phenoxy) is 2. The van der Waals surface area contributed by atoms with Crippen LogP contribution >= 0.6 is 0 Å². The molecule has 1 aromatic carbocycles. The molecule has 0 radical (unpaired) electrons. The minimum Gasteiger partial charge on any atom is -0.493 e. The lowest BCUT2D eigenvalue weighted by atomic mass is 10.0. The zero-order valence-corrected chi connectivity index (χ0v) is 17.4. The van der Waals surface area contributed by atoms with Crippen LogP contribution in [-0.4, -0.2) is 72.8 Å². The highest BCUT2D eigenvalue weighted by molar-refractivity contribution is 6.35. The van der Waals surface area contributed by atoms with Gasteiger partial charge in [-0.1, -0.05) is 26.0 Å². The minimum atomic E-state index is -0.336. The largest absolute Gasteiger partial charge is 0.493 e. The first-order chi connectivity index (χ1) is 13.9. The molecule has 1 unspecified atom stereocenters. The van der Waals surface area contributed by atoms with Gasteiger partial charge in [0.2, 0.25) is 0 Å². The van der Waals surface area contributed by atoms with Gasteiger partial charge in [-0.15, -0.1) is 0 Å². The Labute approximate surface area is 171 Å². The number of aliphatic hydroxyl groups excluding tert-OH is 1. The molecular weight excluding hydrogens is 372 g/mol. The zero-order chi connectivity index (χ0) is 21.0. The van der Waals surface area contributed by atoms with Gasteiger partial charge in [-0.3, -0.25) is 14.5 Å². The molecular formula is C22H30N2O5. The molecule has 7 heteroatoms. The van der Waals surface area contributed by atoms with E-state index in [9.17, 15) is 14.7 Å². The summed E-state index contributed by atoms with van der Waals surface area (Å²) >= 11 is 0. The highest BCUT2D eigenvalue weighted by atomic mass is 16.5. The van der Waals surface area contributed by atoms with Gasteiger partial charge >= 0.3 is 0 Å². The summed E-state index contributed by atoms with van der Waals surface area (Å²) in [6.45, 7) is 5.84. The first kappa shape index (κ1) is 21.3. The third kappa shape index (κ3) is 4.79. The molecule has 3 rings (SSSR count). The topological polar surface area (TPSA) is 79.3 Å². The van der Waals surface area contributed by atoms with Crippen LogP contribution in [0.3, 0.4) is 0 Å². The Kier molecular flexibility index (Phi) is 6.92. The highest BCUT2D eigenvalue weighted by Crippen LogP contribution is 2.32. The molecule has 2 amide bonds. The fraction of sp³-hybridized carbons (Fsp3) is 0.545. The normalized spacial score (nSPS) is 19.6. The number of amides is 2. The summed E-state index contributed by atoms with van der Waals surface area (Å²) in [5.41, 5.74) is 1.34. The van der Waals surface area contributed by atoms with Gasteiger partial charge in [0.1, 0.15) is 11.4 Å². The Hall–Kier alpha value is -2.38. The molecule has 158 valence electrons. The molecule has 2 aliphatic rings. The fourth-order valence-corrected chi connectivity index (χ4v) is 3.58. The predicted molar refractivity (Wildman–Crippen MR) is 109 cm³/mol. The van der Waals surface area contributed by atoms with Gasteiger partial charge in [0.05, 0.1) is 31.4 Å². The maximum Gasteiger partial charge on any atom is 0.277 e. The number of likely N-dealkylation sites (N-methyl/N-ethyl adjacent to an activating group) is 1. The zero-order valence-electron chi connectivity index (χ0n) is 17.4. The Bertz CT molecular complexity index is 766. The van der Waals surface area contributed by atoms with Crippen LogP contribution in [0.2, 0.25) is 0 Å². The van der Waals surface area contributed by atoms with Crippen molar-refractivity contribution in [1.29, 1.82) is 0 Å². The molecule has 1 N–H and O–H groups in total. The minimum absolute atomic E-state index is 0.109. The average Bonchev–Trinajstić information content (AvgIpc) is 3.29. The molecule has 0 aromatic heterocycles. The quantitative estimate of drug-likeness (QED) is 0.636. The first-order valence-electron chi connectivity index (χ1n) is 10.2. The fourth-order valence-electron chi connectivity index (χ4n) is 3.58. The number of imide groups is 1. The third-order valence-corrected chi connectivity index (χ3v) is 5.10. The number of nitrogens with zero attached hydrogens (tertiary/aromatic N) is 2. The average molecular weight is 402 g/mol. The Balaban J connectivity index is 1.88. The Morgan fingerprint density at radius 3 is 2.55 bits per heavy atom. The summed E-state index contributed by atoms with van der Waals surface area (Å²) in [5, 5.41) is 9.33. The predicted octanol–water partition coefficient (Wildman–Crippen LogP) is 1.90. The molecule has 0 spiro atoms. The van der Waals surface area contributed by atoms with E-state index < -0.39 is 0 Å². The number of hydrogen-bond donors (Lipinski definition) is 1. The smallest absolute Gasteiger partial charge is 0.277 e. The molecule has 7 nitrogen and oxygen atoms in total. The van der Waals surface area contributed by atoms with Crippen molar-refractivity contribution in [3.8, 4) is 5.75 Å². The van der Waals surface area contributed by atoms with E-state index in [2.05, 4.69) is 13.8 Å². The van der Waals surface area contributed by atoms with Gasteiger partial charge in [0.25, 0.3) is 11.8 Å². The SMILES string of the molecule is CC(C)COc1ccc(C2=C(N(C)CCO)C(=O)N(CC3CCCO3)C2=O)cc1. The third-order valence-electron chi connectivity index (χ3n) is 5.10. The highest BCUT2D eigenvalue weighted by Gasteiger charge is 2.42. The molecule has 29 heavy (non-hydrogen) atoms. The number of hydrogen-bond acceptors (Lipinski definition) is 6. The summed E-state index contributed by atoms with van der Waals surface area (Å²) in [6, 6.07) is 7.24. The Morgan fingerprint density at radius 1 is 1.24 bits per heavy atom. The van der Waals surface area contributed by atoms with Crippen molar-refractivity contribution in [3.05, 3.63) is 35.5 Å². The number of carbonyl (C=O) groups excluding carboxylic acids is 2. The van der Waals surface area contributed by atoms with Crippen molar-refractivity contribution >= 4 is 17.4 Å². The maximum atomic E-state index is 13.2. The van der Waals surface area contributed by atoms with Gasteiger partial charge in [-0.2, -0.15) is 0 Å². The van der Waals surface area contributed by atoms with Crippen LogP contribution in [0.25, 0.3) is 5.57 Å². The lowest BCUT2D eigenvalue weighted by Gasteiger charge is -2.22. The molecule has 1 saturated heterocycles. The van der Waals surface area contributed by atoms with E-state index in [-0.39, 0.29) is 37.6 Å².